The zero-order chi connectivity index (χ0) is 31.5. The molecule has 1 aromatic heterocycles. The Bertz CT molecular complexity index is 1650. The maximum atomic E-state index is 13.8. The summed E-state index contributed by atoms with van der Waals surface area (Å²) in [7, 11) is 0. The number of thiophene rings is 1. The van der Waals surface area contributed by atoms with Crippen molar-refractivity contribution >= 4 is 83.1 Å². The molecule has 1 fully saturated rings. The number of nitrogens with one attached hydrogen (secondary N) is 1. The van der Waals surface area contributed by atoms with Crippen LogP contribution < -0.4 is 21.2 Å². The van der Waals surface area contributed by atoms with Crippen LogP contribution in [0.2, 0.25) is 0 Å². The van der Waals surface area contributed by atoms with E-state index in [4.69, 9.17) is 4.74 Å². The van der Waals surface area contributed by atoms with Crippen molar-refractivity contribution in [3.8, 4) is 0 Å². The Morgan fingerprint density at radius 3 is 2.02 bits per heavy atom. The molecule has 2 aliphatic heterocycles. The first-order chi connectivity index (χ1) is 21.8. The van der Waals surface area contributed by atoms with E-state index in [1.807, 2.05) is 35.7 Å². The van der Waals surface area contributed by atoms with Gasteiger partial charge >= 0.3 is 286 Å². The Morgan fingerprint density at radius 2 is 1.51 bits per heavy atom. The Kier molecular flexibility index (Phi) is 9.34. The average Bonchev–Trinajstić information content (AvgIpc) is 3.60. The van der Waals surface area contributed by atoms with Gasteiger partial charge in [0.1, 0.15) is 0 Å². The van der Waals surface area contributed by atoms with Crippen LogP contribution in [0.1, 0.15) is 4.88 Å². The minimum atomic E-state index is -3.32. The SMILES string of the molecule is C=CCOC(=O)C1=C(CP(I)(c2ccccc2)(c2ccccc2)c2ccccc2)CSC2C(NC(=O)Cc3cccs3)C(=O)N12. The van der Waals surface area contributed by atoms with Crippen LogP contribution in [-0.2, 0) is 25.5 Å². The molecular weight excluding hydrogens is 734 g/mol. The van der Waals surface area contributed by atoms with Gasteiger partial charge in [-0.1, -0.05) is 0 Å². The van der Waals surface area contributed by atoms with Crippen LogP contribution in [0.15, 0.2) is 132 Å². The molecule has 45 heavy (non-hydrogen) atoms. The molecule has 2 unspecified atom stereocenters. The van der Waals surface area contributed by atoms with E-state index in [1.165, 1.54) is 33.3 Å². The number of fused-ring (bicyclic) bond motifs is 1. The fourth-order valence-electron chi connectivity index (χ4n) is 6.09. The molecule has 10 heteroatoms. The molecule has 6 nitrogen and oxygen atoms in total. The topological polar surface area (TPSA) is 75.7 Å². The van der Waals surface area contributed by atoms with Crippen molar-refractivity contribution in [2.75, 3.05) is 18.5 Å². The molecule has 0 saturated carbocycles. The van der Waals surface area contributed by atoms with Gasteiger partial charge in [0.25, 0.3) is 0 Å². The normalized spacial score (nSPS) is 18.6. The van der Waals surface area contributed by atoms with Crippen molar-refractivity contribution in [1.82, 2.24) is 10.2 Å². The second-order valence-corrected chi connectivity index (χ2v) is 23.7. The molecule has 0 spiro atoms. The molecule has 1 saturated heterocycles. The molecule has 0 radical (unpaired) electrons. The Labute approximate surface area is 284 Å². The van der Waals surface area contributed by atoms with Crippen LogP contribution in [-0.4, -0.2) is 52.6 Å². The second kappa shape index (κ2) is 13.2. The molecule has 6 rings (SSSR count). The standard InChI is InChI=1S/C35H32IN2O4PS2/c1-2-20-42-35(41)32-25(24-45-34-31(33(40)38(32)34)37-30(39)22-29-19-12-21-44-29)23-43(36,26-13-6-3-7-14-26,27-15-8-4-9-16-27)28-17-10-5-11-18-28/h2-19,21,31,34H,1,20,22-24H2,(H,37,39). The van der Waals surface area contributed by atoms with Crippen molar-refractivity contribution in [3.63, 3.8) is 0 Å². The van der Waals surface area contributed by atoms with Crippen LogP contribution in [0.5, 0.6) is 0 Å². The number of thioether (sulfide) groups is 1. The molecular formula is C35H32IN2O4PS2. The number of benzene rings is 3. The summed E-state index contributed by atoms with van der Waals surface area (Å²) in [6.07, 6.45) is 2.26. The first-order valence-corrected chi connectivity index (χ1v) is 21.6. The molecule has 4 aromatic rings. The van der Waals surface area contributed by atoms with Crippen LogP contribution in [0.25, 0.3) is 0 Å². The quantitative estimate of drug-likeness (QED) is 0.0713. The van der Waals surface area contributed by atoms with Crippen LogP contribution >= 0.6 is 49.4 Å². The predicted octanol–water partition coefficient (Wildman–Crippen LogP) is 5.55. The van der Waals surface area contributed by atoms with E-state index < -0.39 is 21.6 Å². The van der Waals surface area contributed by atoms with E-state index in [0.717, 1.165) is 10.5 Å². The van der Waals surface area contributed by atoms with Crippen LogP contribution in [0.3, 0.4) is 0 Å². The van der Waals surface area contributed by atoms with Crippen molar-refractivity contribution in [2.45, 2.75) is 17.8 Å². The van der Waals surface area contributed by atoms with Gasteiger partial charge in [0.15, 0.2) is 0 Å². The number of halogens is 1. The number of amides is 2. The van der Waals surface area contributed by atoms with Crippen molar-refractivity contribution in [2.24, 2.45) is 0 Å². The molecule has 1 N–H and O–H groups in total. The van der Waals surface area contributed by atoms with Gasteiger partial charge in [-0.15, -0.1) is 0 Å². The summed E-state index contributed by atoms with van der Waals surface area (Å²) < 4.78 is 2.30. The number of rotatable bonds is 11. The summed E-state index contributed by atoms with van der Waals surface area (Å²) in [4.78, 5) is 42.9. The van der Waals surface area contributed by atoms with Gasteiger partial charge in [-0.05, 0) is 0 Å². The molecule has 0 aliphatic carbocycles. The van der Waals surface area contributed by atoms with E-state index in [2.05, 4.69) is 107 Å². The van der Waals surface area contributed by atoms with Crippen molar-refractivity contribution < 1.29 is 19.1 Å². The van der Waals surface area contributed by atoms with Gasteiger partial charge in [-0.2, -0.15) is 0 Å². The van der Waals surface area contributed by atoms with Gasteiger partial charge in [0, 0.05) is 0 Å². The third kappa shape index (κ3) is 5.80. The first-order valence-electron chi connectivity index (χ1n) is 14.5. The molecule has 2 aliphatic rings. The van der Waals surface area contributed by atoms with E-state index in [1.54, 1.807) is 16.7 Å². The van der Waals surface area contributed by atoms with Gasteiger partial charge < -0.3 is 0 Å². The molecule has 2 atom stereocenters. The van der Waals surface area contributed by atoms with E-state index >= 15 is 0 Å². The van der Waals surface area contributed by atoms with Crippen molar-refractivity contribution in [3.05, 3.63) is 137 Å². The number of carbonyl (C=O) groups excluding carboxylic acids is 3. The molecule has 2 amide bonds. The number of hydrogen-bond donors (Lipinski definition) is 1. The molecule has 3 aromatic carbocycles. The third-order valence-corrected chi connectivity index (χ3v) is 21.5. The monoisotopic (exact) mass is 766 g/mol. The summed E-state index contributed by atoms with van der Waals surface area (Å²) >= 11 is 5.78. The Balaban J connectivity index is 1.46. The van der Waals surface area contributed by atoms with Crippen LogP contribution in [0, 0.1) is 0 Å². The second-order valence-electron chi connectivity index (χ2n) is 10.9. The molecule has 3 heterocycles. The number of carbonyl (C=O) groups is 3. The number of nitrogens with zero attached hydrogens (tertiary/aromatic N) is 1. The summed E-state index contributed by atoms with van der Waals surface area (Å²) in [5.74, 6) is -0.557. The zero-order valence-corrected chi connectivity index (χ0v) is 29.1. The van der Waals surface area contributed by atoms with E-state index in [9.17, 15) is 14.4 Å². The zero-order valence-electron chi connectivity index (χ0n) is 24.4. The fourth-order valence-corrected chi connectivity index (χ4v) is 17.2. The fraction of sp³-hybridized carbons (Fsp3) is 0.171. The molecule has 0 bridgehead atoms. The number of ether oxygens (including phenoxy) is 1. The Hall–Kier alpha value is -3.24. The van der Waals surface area contributed by atoms with Crippen molar-refractivity contribution in [1.29, 1.82) is 0 Å². The maximum absolute atomic E-state index is 13.8. The predicted molar refractivity (Wildman–Crippen MR) is 195 cm³/mol. The number of hydrogen-bond acceptors (Lipinski definition) is 6. The van der Waals surface area contributed by atoms with Gasteiger partial charge in [0.2, 0.25) is 0 Å². The van der Waals surface area contributed by atoms with Gasteiger partial charge in [0.05, 0.1) is 0 Å². The summed E-state index contributed by atoms with van der Waals surface area (Å²) in [6, 6.07) is 34.5. The van der Waals surface area contributed by atoms with Gasteiger partial charge in [-0.25, -0.2) is 0 Å². The summed E-state index contributed by atoms with van der Waals surface area (Å²) in [5, 5.41) is 7.98. The average molecular weight is 767 g/mol. The minimum absolute atomic E-state index is 0.0281. The van der Waals surface area contributed by atoms with E-state index in [-0.39, 0.29) is 30.5 Å². The first kappa shape index (κ1) is 31.7. The van der Waals surface area contributed by atoms with E-state index in [0.29, 0.717) is 11.9 Å². The number of β-lactam (4-membered cyclic amide) rings is 1. The number of esters is 1. The Morgan fingerprint density at radius 1 is 0.933 bits per heavy atom. The third-order valence-electron chi connectivity index (χ3n) is 8.18. The van der Waals surface area contributed by atoms with Gasteiger partial charge in [-0.3, -0.25) is 0 Å². The summed E-state index contributed by atoms with van der Waals surface area (Å²) in [6.45, 7) is 3.73. The summed E-state index contributed by atoms with van der Waals surface area (Å²) in [5.41, 5.74) is 1.13. The molecule has 230 valence electrons. The van der Waals surface area contributed by atoms with Crippen LogP contribution in [0.4, 0.5) is 0 Å².